The molecule has 0 spiro atoms. The minimum Gasteiger partial charge on any atom is -0.397 e. The summed E-state index contributed by atoms with van der Waals surface area (Å²) in [6.45, 7) is 0. The number of halogens is 4. The third kappa shape index (κ3) is 2.35. The summed E-state index contributed by atoms with van der Waals surface area (Å²) in [7, 11) is 0. The van der Waals surface area contributed by atoms with Gasteiger partial charge in [0, 0.05) is 0 Å². The van der Waals surface area contributed by atoms with Crippen molar-refractivity contribution in [3.8, 4) is 0 Å². The number of nitrogen functional groups attached to an aromatic ring is 1. The fourth-order valence-corrected chi connectivity index (χ4v) is 1.78. The summed E-state index contributed by atoms with van der Waals surface area (Å²) >= 11 is 11.8. The van der Waals surface area contributed by atoms with E-state index in [1.54, 1.807) is 18.2 Å². The number of hydrogen-bond donors (Lipinski definition) is 2. The number of benzene rings is 2. The first kappa shape index (κ1) is 12.9. The normalized spacial score (nSPS) is 10.4. The van der Waals surface area contributed by atoms with Gasteiger partial charge < -0.3 is 11.1 Å². The monoisotopic (exact) mass is 288 g/mol. The maximum Gasteiger partial charge on any atom is 0.184 e. The first-order chi connectivity index (χ1) is 8.50. The van der Waals surface area contributed by atoms with Crippen LogP contribution in [0, 0.1) is 11.6 Å². The zero-order valence-electron chi connectivity index (χ0n) is 8.98. The lowest BCUT2D eigenvalue weighted by molar-refractivity contribution is 0.512. The summed E-state index contributed by atoms with van der Waals surface area (Å²) in [5, 5.41) is 3.15. The van der Waals surface area contributed by atoms with Crippen molar-refractivity contribution in [3.63, 3.8) is 0 Å². The van der Waals surface area contributed by atoms with Gasteiger partial charge in [0.15, 0.2) is 11.6 Å². The van der Waals surface area contributed by atoms with Crippen LogP contribution < -0.4 is 11.1 Å². The van der Waals surface area contributed by atoms with E-state index < -0.39 is 11.6 Å². The predicted molar refractivity (Wildman–Crippen MR) is 70.5 cm³/mol. The Kier molecular flexibility index (Phi) is 3.59. The minimum absolute atomic E-state index is 0.0740. The highest BCUT2D eigenvalue weighted by Gasteiger charge is 2.13. The molecule has 94 valence electrons. The van der Waals surface area contributed by atoms with Crippen LogP contribution in [0.5, 0.6) is 0 Å². The quantitative estimate of drug-likeness (QED) is 0.793. The third-order valence-electron chi connectivity index (χ3n) is 2.34. The molecule has 0 heterocycles. The largest absolute Gasteiger partial charge is 0.397 e. The number of rotatable bonds is 2. The Morgan fingerprint density at radius 3 is 2.50 bits per heavy atom. The van der Waals surface area contributed by atoms with E-state index in [9.17, 15) is 8.78 Å². The van der Waals surface area contributed by atoms with Crippen LogP contribution >= 0.6 is 23.2 Å². The molecule has 18 heavy (non-hydrogen) atoms. The summed E-state index contributed by atoms with van der Waals surface area (Å²) in [4.78, 5) is 0. The number of hydrogen-bond acceptors (Lipinski definition) is 2. The van der Waals surface area contributed by atoms with Crippen molar-refractivity contribution < 1.29 is 8.78 Å². The Bertz CT molecular complexity index is 603. The minimum atomic E-state index is -1.06. The molecule has 0 aliphatic rings. The molecule has 0 aliphatic carbocycles. The molecule has 0 bridgehead atoms. The molecule has 0 amide bonds. The van der Waals surface area contributed by atoms with Crippen molar-refractivity contribution in [2.45, 2.75) is 0 Å². The summed E-state index contributed by atoms with van der Waals surface area (Å²) in [5.74, 6) is -2.06. The molecular formula is C12H8Cl2F2N2. The van der Waals surface area contributed by atoms with E-state index in [0.717, 1.165) is 6.07 Å². The Balaban J connectivity index is 2.46. The fraction of sp³-hybridized carbons (Fsp3) is 0. The smallest absolute Gasteiger partial charge is 0.184 e. The maximum atomic E-state index is 13.6. The summed E-state index contributed by atoms with van der Waals surface area (Å²) in [6, 6.07) is 7.01. The van der Waals surface area contributed by atoms with Gasteiger partial charge in [-0.25, -0.2) is 8.78 Å². The van der Waals surface area contributed by atoms with Gasteiger partial charge in [0.1, 0.15) is 5.69 Å². The van der Waals surface area contributed by atoms with E-state index in [4.69, 9.17) is 28.9 Å². The first-order valence-electron chi connectivity index (χ1n) is 4.95. The molecule has 0 saturated carbocycles. The lowest BCUT2D eigenvalue weighted by Gasteiger charge is -2.12. The van der Waals surface area contributed by atoms with Gasteiger partial charge in [0.25, 0.3) is 0 Å². The van der Waals surface area contributed by atoms with E-state index in [2.05, 4.69) is 5.32 Å². The summed E-state index contributed by atoms with van der Waals surface area (Å²) in [6.07, 6.45) is 0. The molecular weight excluding hydrogens is 281 g/mol. The Morgan fingerprint density at radius 1 is 1.06 bits per heavy atom. The van der Waals surface area contributed by atoms with Gasteiger partial charge in [0.2, 0.25) is 0 Å². The van der Waals surface area contributed by atoms with E-state index in [0.29, 0.717) is 10.7 Å². The predicted octanol–water partition coefficient (Wildman–Crippen LogP) is 4.60. The zero-order chi connectivity index (χ0) is 13.3. The van der Waals surface area contributed by atoms with Crippen LogP contribution in [0.2, 0.25) is 10.0 Å². The van der Waals surface area contributed by atoms with E-state index in [-0.39, 0.29) is 16.4 Å². The summed E-state index contributed by atoms with van der Waals surface area (Å²) < 4.78 is 26.7. The summed E-state index contributed by atoms with van der Waals surface area (Å²) in [5.41, 5.74) is 5.84. The highest BCUT2D eigenvalue weighted by molar-refractivity contribution is 6.43. The van der Waals surface area contributed by atoms with Crippen molar-refractivity contribution in [1.82, 2.24) is 0 Å². The van der Waals surface area contributed by atoms with Crippen LogP contribution in [0.4, 0.5) is 25.8 Å². The SMILES string of the molecule is Nc1ccc(F)c(F)c1Nc1cccc(Cl)c1Cl. The van der Waals surface area contributed by atoms with Gasteiger partial charge in [-0.3, -0.25) is 0 Å². The van der Waals surface area contributed by atoms with E-state index >= 15 is 0 Å². The van der Waals surface area contributed by atoms with Crippen LogP contribution in [0.15, 0.2) is 30.3 Å². The fourth-order valence-electron chi connectivity index (χ4n) is 1.43. The third-order valence-corrected chi connectivity index (χ3v) is 3.16. The topological polar surface area (TPSA) is 38.0 Å². The van der Waals surface area contributed by atoms with E-state index in [1.165, 1.54) is 6.07 Å². The number of nitrogens with two attached hydrogens (primary N) is 1. The first-order valence-corrected chi connectivity index (χ1v) is 5.71. The van der Waals surface area contributed by atoms with Gasteiger partial charge >= 0.3 is 0 Å². The highest BCUT2D eigenvalue weighted by Crippen LogP contribution is 2.34. The molecule has 0 atom stereocenters. The van der Waals surface area contributed by atoms with Crippen molar-refractivity contribution >= 4 is 40.3 Å². The molecule has 2 aromatic carbocycles. The van der Waals surface area contributed by atoms with Crippen LogP contribution in [0.1, 0.15) is 0 Å². The number of anilines is 3. The second kappa shape index (κ2) is 5.00. The molecule has 0 aliphatic heterocycles. The van der Waals surface area contributed by atoms with Gasteiger partial charge in [-0.05, 0) is 24.3 Å². The van der Waals surface area contributed by atoms with Crippen molar-refractivity contribution in [3.05, 3.63) is 52.0 Å². The molecule has 2 nitrogen and oxygen atoms in total. The molecule has 0 radical (unpaired) electrons. The van der Waals surface area contributed by atoms with Gasteiger partial charge in [0.05, 0.1) is 21.4 Å². The molecule has 2 rings (SSSR count). The van der Waals surface area contributed by atoms with Crippen molar-refractivity contribution in [2.75, 3.05) is 11.1 Å². The van der Waals surface area contributed by atoms with E-state index in [1.807, 2.05) is 0 Å². The van der Waals surface area contributed by atoms with Crippen LogP contribution in [-0.4, -0.2) is 0 Å². The lowest BCUT2D eigenvalue weighted by Crippen LogP contribution is -2.01. The zero-order valence-corrected chi connectivity index (χ0v) is 10.5. The average molecular weight is 289 g/mol. The van der Waals surface area contributed by atoms with Crippen LogP contribution in [0.3, 0.4) is 0 Å². The second-order valence-corrected chi connectivity index (χ2v) is 4.34. The van der Waals surface area contributed by atoms with Crippen molar-refractivity contribution in [2.24, 2.45) is 0 Å². The standard InChI is InChI=1S/C12H8Cl2F2N2/c13-6-2-1-3-9(10(6)14)18-12-8(17)5-4-7(15)11(12)16/h1-5,18H,17H2. The highest BCUT2D eigenvalue weighted by atomic mass is 35.5. The molecule has 0 unspecified atom stereocenters. The molecule has 2 aromatic rings. The molecule has 3 N–H and O–H groups in total. The second-order valence-electron chi connectivity index (χ2n) is 3.55. The Morgan fingerprint density at radius 2 is 1.78 bits per heavy atom. The molecule has 6 heteroatoms. The van der Waals surface area contributed by atoms with Gasteiger partial charge in [-0.15, -0.1) is 0 Å². The maximum absolute atomic E-state index is 13.6. The Labute approximate surface area is 112 Å². The molecule has 0 aromatic heterocycles. The lowest BCUT2D eigenvalue weighted by atomic mass is 10.2. The van der Waals surface area contributed by atoms with Crippen molar-refractivity contribution in [1.29, 1.82) is 0 Å². The molecule has 0 fully saturated rings. The van der Waals surface area contributed by atoms with Crippen LogP contribution in [0.25, 0.3) is 0 Å². The molecule has 0 saturated heterocycles. The van der Waals surface area contributed by atoms with Gasteiger partial charge in [-0.1, -0.05) is 29.3 Å². The average Bonchev–Trinajstić information content (AvgIpc) is 2.35. The number of nitrogens with one attached hydrogen (secondary N) is 1. The Hall–Kier alpha value is -1.52. The van der Waals surface area contributed by atoms with Crippen LogP contribution in [-0.2, 0) is 0 Å². The van der Waals surface area contributed by atoms with Gasteiger partial charge in [-0.2, -0.15) is 0 Å².